The maximum Gasteiger partial charge on any atom is 0.323 e. The van der Waals surface area contributed by atoms with Crippen LogP contribution in [-0.2, 0) is 9.59 Å². The first-order chi connectivity index (χ1) is 8.09. The molecule has 0 aromatic heterocycles. The van der Waals surface area contributed by atoms with Crippen LogP contribution >= 0.6 is 0 Å². The first-order valence-electron chi connectivity index (χ1n) is 6.37. The molecule has 1 aliphatic heterocycles. The number of nitrogens with zero attached hydrogens (tertiary/aromatic N) is 1. The predicted molar refractivity (Wildman–Crippen MR) is 62.3 cm³/mol. The summed E-state index contributed by atoms with van der Waals surface area (Å²) in [5, 5.41) is 8.92. The fraction of sp³-hybridized carbons (Fsp3) is 0.833. The van der Waals surface area contributed by atoms with Gasteiger partial charge in [-0.3, -0.25) is 9.59 Å². The van der Waals surface area contributed by atoms with E-state index in [4.69, 9.17) is 10.8 Å². The number of carboxylic acid groups (broad SMARTS) is 1. The largest absolute Gasteiger partial charge is 0.480 e. The lowest BCUT2D eigenvalue weighted by Gasteiger charge is -2.37. The van der Waals surface area contributed by atoms with Crippen LogP contribution in [0.25, 0.3) is 0 Å². The Balaban J connectivity index is 2.20. The van der Waals surface area contributed by atoms with E-state index in [9.17, 15) is 9.59 Å². The van der Waals surface area contributed by atoms with Gasteiger partial charge in [0.2, 0.25) is 5.91 Å². The van der Waals surface area contributed by atoms with Crippen LogP contribution in [0.5, 0.6) is 0 Å². The van der Waals surface area contributed by atoms with E-state index in [1.807, 2.05) is 0 Å². The lowest BCUT2D eigenvalue weighted by atomic mass is 9.81. The highest BCUT2D eigenvalue weighted by Crippen LogP contribution is 2.34. The summed E-state index contributed by atoms with van der Waals surface area (Å²) < 4.78 is 0. The molecule has 0 bridgehead atoms. The van der Waals surface area contributed by atoms with E-state index in [1.165, 1.54) is 11.3 Å². The summed E-state index contributed by atoms with van der Waals surface area (Å²) in [6.07, 6.45) is 5.94. The number of hydrogen-bond donors (Lipinski definition) is 2. The Kier molecular flexibility index (Phi) is 3.66. The van der Waals surface area contributed by atoms with E-state index in [-0.39, 0.29) is 18.5 Å². The van der Waals surface area contributed by atoms with Crippen LogP contribution in [-0.4, -0.2) is 40.5 Å². The second-order valence-corrected chi connectivity index (χ2v) is 5.16. The van der Waals surface area contributed by atoms with Crippen molar-refractivity contribution < 1.29 is 14.7 Å². The van der Waals surface area contributed by atoms with Gasteiger partial charge in [0.05, 0.1) is 6.04 Å². The van der Waals surface area contributed by atoms with Gasteiger partial charge >= 0.3 is 5.97 Å². The standard InChI is InChI=1S/C12H20N2O3/c13-9-6-5-8-3-1-2-4-10(8)14(12(9)17)7-11(15)16/h8-10H,1-7,13H2,(H,15,16)/t8?,9-,10?/m0/s1. The van der Waals surface area contributed by atoms with Crippen molar-refractivity contribution in [2.45, 2.75) is 50.6 Å². The maximum absolute atomic E-state index is 12.1. The van der Waals surface area contributed by atoms with Crippen molar-refractivity contribution in [3.63, 3.8) is 0 Å². The van der Waals surface area contributed by atoms with Crippen LogP contribution in [0.1, 0.15) is 38.5 Å². The average molecular weight is 240 g/mol. The number of amides is 1. The summed E-state index contributed by atoms with van der Waals surface area (Å²) >= 11 is 0. The van der Waals surface area contributed by atoms with Gasteiger partial charge in [0.15, 0.2) is 0 Å². The summed E-state index contributed by atoms with van der Waals surface area (Å²) in [6.45, 7) is -0.201. The van der Waals surface area contributed by atoms with Gasteiger partial charge < -0.3 is 15.7 Å². The van der Waals surface area contributed by atoms with E-state index in [0.29, 0.717) is 12.3 Å². The molecule has 2 aliphatic rings. The van der Waals surface area contributed by atoms with Crippen LogP contribution < -0.4 is 5.73 Å². The Morgan fingerprint density at radius 2 is 2.00 bits per heavy atom. The Morgan fingerprint density at radius 1 is 1.29 bits per heavy atom. The summed E-state index contributed by atoms with van der Waals surface area (Å²) in [6, 6.07) is -0.416. The zero-order valence-corrected chi connectivity index (χ0v) is 9.97. The van der Waals surface area contributed by atoms with Crippen molar-refractivity contribution in [1.29, 1.82) is 0 Å². The van der Waals surface area contributed by atoms with Gasteiger partial charge in [0, 0.05) is 6.04 Å². The number of fused-ring (bicyclic) bond motifs is 1. The highest BCUT2D eigenvalue weighted by atomic mass is 16.4. The molecule has 3 atom stereocenters. The number of aliphatic carboxylic acids is 1. The molecule has 5 nitrogen and oxygen atoms in total. The molecule has 2 rings (SSSR count). The normalized spacial score (nSPS) is 34.1. The minimum Gasteiger partial charge on any atom is -0.480 e. The van der Waals surface area contributed by atoms with Crippen molar-refractivity contribution >= 4 is 11.9 Å². The van der Waals surface area contributed by atoms with E-state index in [2.05, 4.69) is 0 Å². The SMILES string of the molecule is N[C@H]1CCC2CCCCC2N(CC(=O)O)C1=O. The van der Waals surface area contributed by atoms with E-state index >= 15 is 0 Å². The van der Waals surface area contributed by atoms with Crippen LogP contribution in [0.3, 0.4) is 0 Å². The van der Waals surface area contributed by atoms with Gasteiger partial charge in [-0.2, -0.15) is 0 Å². The summed E-state index contributed by atoms with van der Waals surface area (Å²) in [7, 11) is 0. The quantitative estimate of drug-likeness (QED) is 0.739. The summed E-state index contributed by atoms with van der Waals surface area (Å²) in [4.78, 5) is 24.5. The zero-order valence-electron chi connectivity index (χ0n) is 9.97. The molecule has 1 saturated carbocycles. The van der Waals surface area contributed by atoms with Crippen molar-refractivity contribution in [1.82, 2.24) is 4.90 Å². The van der Waals surface area contributed by atoms with Crippen LogP contribution in [0.4, 0.5) is 0 Å². The highest BCUT2D eigenvalue weighted by Gasteiger charge is 2.38. The lowest BCUT2D eigenvalue weighted by molar-refractivity contribution is -0.147. The fourth-order valence-electron chi connectivity index (χ4n) is 3.17. The third-order valence-electron chi connectivity index (χ3n) is 4.02. The fourth-order valence-corrected chi connectivity index (χ4v) is 3.17. The van der Waals surface area contributed by atoms with Gasteiger partial charge in [-0.05, 0) is 31.6 Å². The van der Waals surface area contributed by atoms with Crippen molar-refractivity contribution in [3.05, 3.63) is 0 Å². The molecule has 5 heteroatoms. The Morgan fingerprint density at radius 3 is 2.71 bits per heavy atom. The molecule has 1 amide bonds. The van der Waals surface area contributed by atoms with Crippen molar-refractivity contribution in [2.75, 3.05) is 6.54 Å². The molecule has 0 aromatic carbocycles. The minimum absolute atomic E-state index is 0.0981. The van der Waals surface area contributed by atoms with Gasteiger partial charge in [-0.15, -0.1) is 0 Å². The average Bonchev–Trinajstić information content (AvgIpc) is 2.42. The Hall–Kier alpha value is -1.10. The topological polar surface area (TPSA) is 83.6 Å². The van der Waals surface area contributed by atoms with Crippen LogP contribution in [0.15, 0.2) is 0 Å². The third-order valence-corrected chi connectivity index (χ3v) is 4.02. The van der Waals surface area contributed by atoms with Crippen LogP contribution in [0.2, 0.25) is 0 Å². The second kappa shape index (κ2) is 5.04. The van der Waals surface area contributed by atoms with Gasteiger partial charge in [0.25, 0.3) is 0 Å². The molecule has 1 saturated heterocycles. The highest BCUT2D eigenvalue weighted by molar-refractivity contribution is 5.85. The minimum atomic E-state index is -0.947. The zero-order chi connectivity index (χ0) is 12.4. The molecular formula is C12H20N2O3. The molecule has 96 valence electrons. The molecule has 1 aliphatic carbocycles. The monoisotopic (exact) mass is 240 g/mol. The summed E-state index contributed by atoms with van der Waals surface area (Å²) in [5.74, 6) is -0.681. The van der Waals surface area contributed by atoms with Crippen LogP contribution in [0, 0.1) is 5.92 Å². The molecule has 17 heavy (non-hydrogen) atoms. The van der Waals surface area contributed by atoms with E-state index in [1.54, 1.807) is 0 Å². The molecule has 0 spiro atoms. The second-order valence-electron chi connectivity index (χ2n) is 5.16. The molecular weight excluding hydrogens is 220 g/mol. The molecule has 2 unspecified atom stereocenters. The maximum atomic E-state index is 12.1. The molecule has 1 heterocycles. The van der Waals surface area contributed by atoms with Crippen molar-refractivity contribution in [3.8, 4) is 0 Å². The Labute approximate surface area is 101 Å². The molecule has 2 fully saturated rings. The number of likely N-dealkylation sites (tertiary alicyclic amines) is 1. The third kappa shape index (κ3) is 2.60. The Bertz CT molecular complexity index is 319. The molecule has 3 N–H and O–H groups in total. The first-order valence-corrected chi connectivity index (χ1v) is 6.37. The van der Waals surface area contributed by atoms with Gasteiger partial charge in [0.1, 0.15) is 6.54 Å². The van der Waals surface area contributed by atoms with E-state index in [0.717, 1.165) is 25.7 Å². The lowest BCUT2D eigenvalue weighted by Crippen LogP contribution is -2.51. The predicted octanol–water partition coefficient (Wildman–Crippen LogP) is 0.579. The first kappa shape index (κ1) is 12.4. The number of hydrogen-bond acceptors (Lipinski definition) is 3. The summed E-state index contributed by atoms with van der Waals surface area (Å²) in [5.41, 5.74) is 5.81. The van der Waals surface area contributed by atoms with Gasteiger partial charge in [-0.25, -0.2) is 0 Å². The van der Waals surface area contributed by atoms with Gasteiger partial charge in [-0.1, -0.05) is 12.8 Å². The smallest absolute Gasteiger partial charge is 0.323 e. The number of carbonyl (C=O) groups is 2. The number of carboxylic acids is 1. The molecule has 0 radical (unpaired) electrons. The number of nitrogens with two attached hydrogens (primary N) is 1. The number of rotatable bonds is 2. The number of carbonyl (C=O) groups excluding carboxylic acids is 1. The van der Waals surface area contributed by atoms with Crippen molar-refractivity contribution in [2.24, 2.45) is 11.7 Å². The van der Waals surface area contributed by atoms with E-state index < -0.39 is 12.0 Å². The molecule has 0 aromatic rings.